The minimum atomic E-state index is -0.628. The van der Waals surface area contributed by atoms with E-state index in [1.165, 1.54) is 0 Å². The molecule has 84 valence electrons. The zero-order chi connectivity index (χ0) is 11.5. The highest BCUT2D eigenvalue weighted by molar-refractivity contribution is 5.81. The summed E-state index contributed by atoms with van der Waals surface area (Å²) in [5.41, 5.74) is 0.501. The average Bonchev–Trinajstić information content (AvgIpc) is 2.28. The summed E-state index contributed by atoms with van der Waals surface area (Å²) in [6.45, 7) is 3.95. The topological polar surface area (TPSA) is 52.3 Å². The van der Waals surface area contributed by atoms with Crippen molar-refractivity contribution in [1.82, 2.24) is 4.98 Å². The first-order chi connectivity index (χ1) is 7.70. The van der Waals surface area contributed by atoms with Crippen molar-refractivity contribution in [1.29, 1.82) is 0 Å². The van der Waals surface area contributed by atoms with Crippen LogP contribution in [0, 0.1) is 0 Å². The molecule has 0 fully saturated rings. The molecule has 1 unspecified atom stereocenters. The van der Waals surface area contributed by atoms with Crippen molar-refractivity contribution < 1.29 is 9.15 Å². The monoisotopic (exact) mass is 219 g/mol. The van der Waals surface area contributed by atoms with Crippen LogP contribution in [0.3, 0.4) is 0 Å². The zero-order valence-electron chi connectivity index (χ0n) is 9.27. The first kappa shape index (κ1) is 10.7. The summed E-state index contributed by atoms with van der Waals surface area (Å²) >= 11 is 0. The van der Waals surface area contributed by atoms with E-state index < -0.39 is 5.76 Å². The van der Waals surface area contributed by atoms with E-state index in [1.807, 2.05) is 26.0 Å². The Morgan fingerprint density at radius 1 is 1.44 bits per heavy atom. The first-order valence-electron chi connectivity index (χ1n) is 5.27. The summed E-state index contributed by atoms with van der Waals surface area (Å²) in [6, 6.07) is 7.21. The smallest absolute Gasteiger partial charge is 0.442 e. The van der Waals surface area contributed by atoms with E-state index in [0.717, 1.165) is 11.8 Å². The van der Waals surface area contributed by atoms with E-state index in [4.69, 9.17) is 9.15 Å². The standard InChI is InChI=1S/C12H13NO3/c1-3-8(2)15-11-9-6-4-5-7-10(9)16-12(14)13-11/h4-8H,3H2,1-2H3. The fraction of sp³-hybridized carbons (Fsp3) is 0.333. The van der Waals surface area contributed by atoms with Crippen LogP contribution >= 0.6 is 0 Å². The van der Waals surface area contributed by atoms with Crippen molar-refractivity contribution in [2.24, 2.45) is 0 Å². The molecular formula is C12H13NO3. The van der Waals surface area contributed by atoms with E-state index in [1.54, 1.807) is 12.1 Å². The predicted octanol–water partition coefficient (Wildman–Crippen LogP) is 2.37. The van der Waals surface area contributed by atoms with Gasteiger partial charge in [0, 0.05) is 0 Å². The van der Waals surface area contributed by atoms with Crippen molar-refractivity contribution >= 4 is 11.0 Å². The largest absolute Gasteiger partial charge is 0.474 e. The molecule has 0 N–H and O–H groups in total. The van der Waals surface area contributed by atoms with Gasteiger partial charge in [0.05, 0.1) is 11.5 Å². The summed E-state index contributed by atoms with van der Waals surface area (Å²) in [4.78, 5) is 15.0. The van der Waals surface area contributed by atoms with Gasteiger partial charge in [-0.05, 0) is 25.5 Å². The van der Waals surface area contributed by atoms with Crippen molar-refractivity contribution in [2.45, 2.75) is 26.4 Å². The Kier molecular flexibility index (Phi) is 2.90. The van der Waals surface area contributed by atoms with Gasteiger partial charge in [-0.3, -0.25) is 0 Å². The first-order valence-corrected chi connectivity index (χ1v) is 5.27. The highest BCUT2D eigenvalue weighted by Gasteiger charge is 2.10. The Hall–Kier alpha value is -1.84. The second-order valence-corrected chi connectivity index (χ2v) is 3.62. The van der Waals surface area contributed by atoms with Gasteiger partial charge in [0.15, 0.2) is 0 Å². The van der Waals surface area contributed by atoms with Crippen molar-refractivity contribution in [2.75, 3.05) is 0 Å². The average molecular weight is 219 g/mol. The molecule has 4 nitrogen and oxygen atoms in total. The number of nitrogens with zero attached hydrogens (tertiary/aromatic N) is 1. The van der Waals surface area contributed by atoms with Crippen LogP contribution in [0.5, 0.6) is 5.88 Å². The molecule has 1 aromatic heterocycles. The third-order valence-electron chi connectivity index (χ3n) is 2.40. The van der Waals surface area contributed by atoms with Crippen LogP contribution in [0.25, 0.3) is 11.0 Å². The molecule has 0 amide bonds. The lowest BCUT2D eigenvalue weighted by Gasteiger charge is -2.12. The Bertz CT molecular complexity index is 547. The second kappa shape index (κ2) is 4.35. The lowest BCUT2D eigenvalue weighted by molar-refractivity contribution is 0.208. The highest BCUT2D eigenvalue weighted by Crippen LogP contribution is 2.22. The molecule has 16 heavy (non-hydrogen) atoms. The molecule has 2 rings (SSSR count). The number of benzene rings is 1. The van der Waals surface area contributed by atoms with Crippen LogP contribution in [-0.4, -0.2) is 11.1 Å². The van der Waals surface area contributed by atoms with Gasteiger partial charge in [-0.1, -0.05) is 19.1 Å². The zero-order valence-corrected chi connectivity index (χ0v) is 9.27. The third kappa shape index (κ3) is 2.05. The summed E-state index contributed by atoms with van der Waals surface area (Å²) < 4.78 is 10.6. The lowest BCUT2D eigenvalue weighted by Crippen LogP contribution is -2.14. The van der Waals surface area contributed by atoms with Gasteiger partial charge >= 0.3 is 5.76 Å². The van der Waals surface area contributed by atoms with Crippen LogP contribution in [0.2, 0.25) is 0 Å². The minimum Gasteiger partial charge on any atom is -0.474 e. The fourth-order valence-electron chi connectivity index (χ4n) is 1.36. The number of fused-ring (bicyclic) bond motifs is 1. The Morgan fingerprint density at radius 2 is 2.19 bits per heavy atom. The maximum absolute atomic E-state index is 11.2. The molecule has 0 aliphatic heterocycles. The molecule has 0 saturated carbocycles. The molecule has 0 aliphatic carbocycles. The van der Waals surface area contributed by atoms with Gasteiger partial charge in [-0.15, -0.1) is 4.98 Å². The van der Waals surface area contributed by atoms with E-state index in [9.17, 15) is 4.79 Å². The normalized spacial score (nSPS) is 12.6. The van der Waals surface area contributed by atoms with Gasteiger partial charge in [0.1, 0.15) is 5.58 Å². The molecule has 0 radical (unpaired) electrons. The van der Waals surface area contributed by atoms with Crippen LogP contribution in [0.15, 0.2) is 33.5 Å². The number of hydrogen-bond acceptors (Lipinski definition) is 4. The van der Waals surface area contributed by atoms with Gasteiger partial charge < -0.3 is 9.15 Å². The van der Waals surface area contributed by atoms with Gasteiger partial charge in [0.2, 0.25) is 5.88 Å². The third-order valence-corrected chi connectivity index (χ3v) is 2.40. The number of rotatable bonds is 3. The summed E-state index contributed by atoms with van der Waals surface area (Å²) in [6.07, 6.45) is 0.883. The molecular weight excluding hydrogens is 206 g/mol. The molecule has 1 aromatic carbocycles. The van der Waals surface area contributed by atoms with E-state index in [-0.39, 0.29) is 6.10 Å². The number of ether oxygens (including phenoxy) is 1. The van der Waals surface area contributed by atoms with Crippen LogP contribution < -0.4 is 10.5 Å². The minimum absolute atomic E-state index is 0.0257. The molecule has 1 atom stereocenters. The van der Waals surface area contributed by atoms with Gasteiger partial charge in [-0.25, -0.2) is 4.79 Å². The van der Waals surface area contributed by atoms with Crippen LogP contribution in [0.4, 0.5) is 0 Å². The SMILES string of the molecule is CCC(C)Oc1nc(=O)oc2ccccc12. The maximum atomic E-state index is 11.2. The van der Waals surface area contributed by atoms with E-state index in [2.05, 4.69) is 4.98 Å². The number of para-hydroxylation sites is 1. The van der Waals surface area contributed by atoms with E-state index in [0.29, 0.717) is 11.5 Å². The van der Waals surface area contributed by atoms with Gasteiger partial charge in [-0.2, -0.15) is 0 Å². The second-order valence-electron chi connectivity index (χ2n) is 3.62. The number of aromatic nitrogens is 1. The van der Waals surface area contributed by atoms with Crippen LogP contribution in [-0.2, 0) is 0 Å². The molecule has 2 aromatic rings. The Balaban J connectivity index is 2.54. The Labute approximate surface area is 92.9 Å². The molecule has 1 heterocycles. The molecule has 0 saturated heterocycles. The molecule has 4 heteroatoms. The Morgan fingerprint density at radius 3 is 2.94 bits per heavy atom. The predicted molar refractivity (Wildman–Crippen MR) is 60.7 cm³/mol. The molecule has 0 aliphatic rings. The fourth-order valence-corrected chi connectivity index (χ4v) is 1.36. The quantitative estimate of drug-likeness (QED) is 0.795. The molecule has 0 bridgehead atoms. The van der Waals surface area contributed by atoms with Crippen LogP contribution in [0.1, 0.15) is 20.3 Å². The van der Waals surface area contributed by atoms with E-state index >= 15 is 0 Å². The lowest BCUT2D eigenvalue weighted by atomic mass is 10.2. The van der Waals surface area contributed by atoms with Crippen molar-refractivity contribution in [3.63, 3.8) is 0 Å². The van der Waals surface area contributed by atoms with Crippen molar-refractivity contribution in [3.8, 4) is 5.88 Å². The summed E-state index contributed by atoms with van der Waals surface area (Å²) in [5.74, 6) is -0.279. The van der Waals surface area contributed by atoms with Crippen molar-refractivity contribution in [3.05, 3.63) is 34.8 Å². The van der Waals surface area contributed by atoms with Gasteiger partial charge in [0.25, 0.3) is 0 Å². The highest BCUT2D eigenvalue weighted by atomic mass is 16.5. The summed E-state index contributed by atoms with van der Waals surface area (Å²) in [5, 5.41) is 0.724. The summed E-state index contributed by atoms with van der Waals surface area (Å²) in [7, 11) is 0. The molecule has 0 spiro atoms. The number of hydrogen-bond donors (Lipinski definition) is 0. The maximum Gasteiger partial charge on any atom is 0.442 e.